The van der Waals surface area contributed by atoms with Gasteiger partial charge in [0.15, 0.2) is 5.82 Å². The fourth-order valence-corrected chi connectivity index (χ4v) is 3.95. The lowest BCUT2D eigenvalue weighted by atomic mass is 10.0. The second-order valence-corrected chi connectivity index (χ2v) is 6.84. The molecule has 1 fully saturated rings. The fraction of sp³-hybridized carbons (Fsp3) is 0.611. The predicted molar refractivity (Wildman–Crippen MR) is 95.3 cm³/mol. The van der Waals surface area contributed by atoms with E-state index in [0.29, 0.717) is 11.6 Å². The Labute approximate surface area is 148 Å². The van der Waals surface area contributed by atoms with Gasteiger partial charge >= 0.3 is 0 Å². The number of likely N-dealkylation sites (tertiary alicyclic amines) is 1. The number of amides is 1. The number of nitrogens with zero attached hydrogens (tertiary/aromatic N) is 4. The quantitative estimate of drug-likeness (QED) is 0.902. The highest BCUT2D eigenvalue weighted by Crippen LogP contribution is 2.37. The van der Waals surface area contributed by atoms with Gasteiger partial charge in [0.1, 0.15) is 5.76 Å². The number of nitrogens with one attached hydrogen (secondary N) is 1. The second-order valence-electron chi connectivity index (χ2n) is 6.84. The summed E-state index contributed by atoms with van der Waals surface area (Å²) in [5.74, 6) is 1.14. The largest absolute Gasteiger partial charge is 0.360 e. The van der Waals surface area contributed by atoms with Gasteiger partial charge in [0.25, 0.3) is 0 Å². The van der Waals surface area contributed by atoms with E-state index in [1.807, 2.05) is 18.7 Å². The molecule has 7 nitrogen and oxygen atoms in total. The Kier molecular flexibility index (Phi) is 4.94. The van der Waals surface area contributed by atoms with E-state index in [1.165, 1.54) is 11.3 Å². The Hall–Kier alpha value is -2.15. The van der Waals surface area contributed by atoms with Gasteiger partial charge in [-0.05, 0) is 46.6 Å². The van der Waals surface area contributed by atoms with Crippen LogP contribution in [0.2, 0.25) is 0 Å². The van der Waals surface area contributed by atoms with Crippen LogP contribution in [0.15, 0.2) is 10.6 Å². The van der Waals surface area contributed by atoms with Crippen LogP contribution in [0, 0.1) is 20.8 Å². The van der Waals surface area contributed by atoms with E-state index in [0.717, 1.165) is 31.5 Å². The maximum Gasteiger partial charge on any atom is 0.242 e. The average molecular weight is 345 g/mol. The molecule has 2 unspecified atom stereocenters. The van der Waals surface area contributed by atoms with E-state index in [9.17, 15) is 4.79 Å². The molecule has 0 radical (unpaired) electrons. The standard InChI is InChI=1S/C18H27N5O2/c1-6-14(18(24)19-16-10-11(2)25-21-16)23-9-7-8-15(23)17-12(3)20-22(5)13(17)4/h10,14-15H,6-9H2,1-5H3,(H,19,21,24). The summed E-state index contributed by atoms with van der Waals surface area (Å²) in [7, 11) is 1.97. The van der Waals surface area contributed by atoms with Crippen molar-refractivity contribution < 1.29 is 9.32 Å². The third kappa shape index (κ3) is 3.33. The molecule has 0 bridgehead atoms. The van der Waals surface area contributed by atoms with Crippen molar-refractivity contribution in [3.05, 3.63) is 28.8 Å². The van der Waals surface area contributed by atoms with Crippen LogP contribution in [0.4, 0.5) is 5.82 Å². The van der Waals surface area contributed by atoms with Crippen molar-refractivity contribution in [2.45, 2.75) is 59.0 Å². The minimum atomic E-state index is -0.191. The Morgan fingerprint density at radius 2 is 2.20 bits per heavy atom. The Morgan fingerprint density at radius 1 is 1.44 bits per heavy atom. The van der Waals surface area contributed by atoms with Crippen molar-refractivity contribution in [2.24, 2.45) is 7.05 Å². The van der Waals surface area contributed by atoms with Crippen molar-refractivity contribution in [3.8, 4) is 0 Å². The molecule has 0 aromatic carbocycles. The zero-order valence-corrected chi connectivity index (χ0v) is 15.7. The zero-order valence-electron chi connectivity index (χ0n) is 15.7. The number of carbonyl (C=O) groups excluding carboxylic acids is 1. The Bertz CT molecular complexity index is 764. The van der Waals surface area contributed by atoms with Gasteiger partial charge in [0.05, 0.1) is 11.7 Å². The minimum Gasteiger partial charge on any atom is -0.360 e. The molecule has 2 aromatic rings. The minimum absolute atomic E-state index is 0.0260. The molecular weight excluding hydrogens is 318 g/mol. The van der Waals surface area contributed by atoms with Crippen LogP contribution in [0.25, 0.3) is 0 Å². The molecule has 7 heteroatoms. The third-order valence-corrected chi connectivity index (χ3v) is 5.16. The molecule has 3 rings (SSSR count). The summed E-state index contributed by atoms with van der Waals surface area (Å²) >= 11 is 0. The maximum atomic E-state index is 12.8. The van der Waals surface area contributed by atoms with E-state index < -0.39 is 0 Å². The number of aromatic nitrogens is 3. The molecule has 3 heterocycles. The predicted octanol–water partition coefficient (Wildman–Crippen LogP) is 2.89. The van der Waals surface area contributed by atoms with Crippen LogP contribution in [-0.4, -0.2) is 38.3 Å². The van der Waals surface area contributed by atoms with E-state index in [2.05, 4.69) is 41.2 Å². The molecule has 1 saturated heterocycles. The number of carbonyl (C=O) groups is 1. The molecule has 1 N–H and O–H groups in total. The molecular formula is C18H27N5O2. The third-order valence-electron chi connectivity index (χ3n) is 5.16. The summed E-state index contributed by atoms with van der Waals surface area (Å²) in [4.78, 5) is 15.2. The summed E-state index contributed by atoms with van der Waals surface area (Å²) in [6.45, 7) is 8.94. The van der Waals surface area contributed by atoms with Gasteiger partial charge in [-0.1, -0.05) is 12.1 Å². The molecule has 1 amide bonds. The highest BCUT2D eigenvalue weighted by Gasteiger charge is 2.37. The zero-order chi connectivity index (χ0) is 18.1. The normalized spacial score (nSPS) is 19.3. The number of rotatable bonds is 5. The fourth-order valence-electron chi connectivity index (χ4n) is 3.95. The molecule has 1 aliphatic heterocycles. The first-order valence-corrected chi connectivity index (χ1v) is 8.92. The molecule has 0 spiro atoms. The van der Waals surface area contributed by atoms with Crippen LogP contribution in [0.5, 0.6) is 0 Å². The van der Waals surface area contributed by atoms with Crippen molar-refractivity contribution in [1.29, 1.82) is 0 Å². The van der Waals surface area contributed by atoms with Crippen LogP contribution in [-0.2, 0) is 11.8 Å². The van der Waals surface area contributed by atoms with E-state index in [4.69, 9.17) is 4.52 Å². The molecule has 0 aliphatic carbocycles. The van der Waals surface area contributed by atoms with Gasteiger partial charge in [0.2, 0.25) is 5.91 Å². The number of hydrogen-bond acceptors (Lipinski definition) is 5. The molecule has 136 valence electrons. The lowest BCUT2D eigenvalue weighted by Crippen LogP contribution is -2.43. The van der Waals surface area contributed by atoms with E-state index >= 15 is 0 Å². The van der Waals surface area contributed by atoms with E-state index in [1.54, 1.807) is 6.07 Å². The highest BCUT2D eigenvalue weighted by atomic mass is 16.5. The van der Waals surface area contributed by atoms with E-state index in [-0.39, 0.29) is 18.0 Å². The maximum absolute atomic E-state index is 12.8. The molecule has 1 aliphatic rings. The van der Waals surface area contributed by atoms with Gasteiger partial charge in [-0.15, -0.1) is 0 Å². The summed E-state index contributed by atoms with van der Waals surface area (Å²) in [6, 6.07) is 1.79. The topological polar surface area (TPSA) is 76.2 Å². The van der Waals surface area contributed by atoms with Gasteiger partial charge in [0, 0.05) is 30.4 Å². The van der Waals surface area contributed by atoms with Crippen molar-refractivity contribution >= 4 is 11.7 Å². The van der Waals surface area contributed by atoms with Gasteiger partial charge in [-0.3, -0.25) is 14.4 Å². The first kappa shape index (κ1) is 17.7. The molecule has 2 atom stereocenters. The van der Waals surface area contributed by atoms with Crippen LogP contribution >= 0.6 is 0 Å². The summed E-state index contributed by atoms with van der Waals surface area (Å²) in [6.07, 6.45) is 2.89. The lowest BCUT2D eigenvalue weighted by Gasteiger charge is -2.31. The smallest absolute Gasteiger partial charge is 0.242 e. The van der Waals surface area contributed by atoms with Crippen molar-refractivity contribution in [2.75, 3.05) is 11.9 Å². The van der Waals surface area contributed by atoms with Gasteiger partial charge in [-0.2, -0.15) is 5.10 Å². The summed E-state index contributed by atoms with van der Waals surface area (Å²) in [5.41, 5.74) is 3.50. The Morgan fingerprint density at radius 3 is 2.76 bits per heavy atom. The van der Waals surface area contributed by atoms with Gasteiger partial charge < -0.3 is 9.84 Å². The van der Waals surface area contributed by atoms with Crippen molar-refractivity contribution in [3.63, 3.8) is 0 Å². The first-order chi connectivity index (χ1) is 11.9. The van der Waals surface area contributed by atoms with Gasteiger partial charge in [-0.25, -0.2) is 0 Å². The summed E-state index contributed by atoms with van der Waals surface area (Å²) in [5, 5.41) is 11.3. The lowest BCUT2D eigenvalue weighted by molar-refractivity contribution is -0.121. The van der Waals surface area contributed by atoms with Crippen LogP contribution < -0.4 is 5.32 Å². The summed E-state index contributed by atoms with van der Waals surface area (Å²) < 4.78 is 6.97. The van der Waals surface area contributed by atoms with Crippen molar-refractivity contribution in [1.82, 2.24) is 19.8 Å². The molecule has 2 aromatic heterocycles. The SMILES string of the molecule is CCC(C(=O)Nc1cc(C)on1)N1CCCC1c1c(C)nn(C)c1C. The molecule has 0 saturated carbocycles. The second kappa shape index (κ2) is 7.00. The monoisotopic (exact) mass is 345 g/mol. The first-order valence-electron chi connectivity index (χ1n) is 8.92. The number of anilines is 1. The number of hydrogen-bond donors (Lipinski definition) is 1. The number of aryl methyl sites for hydroxylation is 3. The average Bonchev–Trinajstić information content (AvgIpc) is 3.23. The highest BCUT2D eigenvalue weighted by molar-refractivity contribution is 5.94. The van der Waals surface area contributed by atoms with Crippen LogP contribution in [0.3, 0.4) is 0 Å². The van der Waals surface area contributed by atoms with Crippen LogP contribution in [0.1, 0.15) is 54.9 Å². The molecule has 25 heavy (non-hydrogen) atoms. The Balaban J connectivity index is 1.82.